The SMILES string of the molecule is COc1ccc(CNC(=O)CN(C(=O)c2csnn2)c2cc(C)cc(C)c2)cc1. The summed E-state index contributed by atoms with van der Waals surface area (Å²) in [4.78, 5) is 27.0. The summed E-state index contributed by atoms with van der Waals surface area (Å²) in [5.41, 5.74) is 3.82. The molecule has 0 saturated heterocycles. The van der Waals surface area contributed by atoms with Gasteiger partial charge in [-0.25, -0.2) is 0 Å². The van der Waals surface area contributed by atoms with Gasteiger partial charge in [-0.1, -0.05) is 22.7 Å². The van der Waals surface area contributed by atoms with Gasteiger partial charge in [-0.3, -0.25) is 14.5 Å². The first kappa shape index (κ1) is 20.5. The van der Waals surface area contributed by atoms with Gasteiger partial charge in [0.2, 0.25) is 5.91 Å². The molecule has 0 aliphatic heterocycles. The number of anilines is 1. The van der Waals surface area contributed by atoms with Crippen LogP contribution in [-0.2, 0) is 11.3 Å². The molecule has 1 N–H and O–H groups in total. The van der Waals surface area contributed by atoms with Crippen molar-refractivity contribution in [3.8, 4) is 5.75 Å². The van der Waals surface area contributed by atoms with Gasteiger partial charge in [0, 0.05) is 17.6 Å². The molecule has 1 heterocycles. The van der Waals surface area contributed by atoms with E-state index in [1.807, 2.05) is 56.3 Å². The number of nitrogens with zero attached hydrogens (tertiary/aromatic N) is 3. The predicted molar refractivity (Wildman–Crippen MR) is 112 cm³/mol. The normalized spacial score (nSPS) is 10.4. The van der Waals surface area contributed by atoms with Crippen LogP contribution in [0.15, 0.2) is 47.8 Å². The Morgan fingerprint density at radius 1 is 1.10 bits per heavy atom. The molecule has 1 aromatic heterocycles. The second kappa shape index (κ2) is 9.29. The van der Waals surface area contributed by atoms with E-state index >= 15 is 0 Å². The largest absolute Gasteiger partial charge is 0.497 e. The van der Waals surface area contributed by atoms with E-state index < -0.39 is 0 Å². The summed E-state index contributed by atoms with van der Waals surface area (Å²) in [5, 5.41) is 8.29. The summed E-state index contributed by atoms with van der Waals surface area (Å²) in [6.45, 7) is 4.14. The van der Waals surface area contributed by atoms with Crippen LogP contribution in [0.2, 0.25) is 0 Å². The molecule has 2 amide bonds. The van der Waals surface area contributed by atoms with E-state index in [-0.39, 0.29) is 24.1 Å². The molecule has 0 fully saturated rings. The van der Waals surface area contributed by atoms with Gasteiger partial charge in [-0.15, -0.1) is 5.10 Å². The molecular weight excluding hydrogens is 388 g/mol. The van der Waals surface area contributed by atoms with Crippen molar-refractivity contribution < 1.29 is 14.3 Å². The monoisotopic (exact) mass is 410 g/mol. The number of hydrogen-bond donors (Lipinski definition) is 1. The van der Waals surface area contributed by atoms with E-state index in [2.05, 4.69) is 14.9 Å². The molecule has 0 radical (unpaired) electrons. The molecule has 0 aliphatic rings. The zero-order chi connectivity index (χ0) is 20.8. The Bertz CT molecular complexity index is 967. The maximum atomic E-state index is 12.9. The van der Waals surface area contributed by atoms with Crippen molar-refractivity contribution in [3.63, 3.8) is 0 Å². The number of rotatable bonds is 7. The lowest BCUT2D eigenvalue weighted by molar-refractivity contribution is -0.119. The van der Waals surface area contributed by atoms with Gasteiger partial charge < -0.3 is 10.1 Å². The molecule has 0 spiro atoms. The van der Waals surface area contributed by atoms with E-state index in [1.54, 1.807) is 12.5 Å². The minimum atomic E-state index is -0.358. The molecular formula is C21H22N4O3S. The van der Waals surface area contributed by atoms with Crippen LogP contribution in [0.1, 0.15) is 27.2 Å². The van der Waals surface area contributed by atoms with Crippen molar-refractivity contribution in [2.75, 3.05) is 18.6 Å². The van der Waals surface area contributed by atoms with Gasteiger partial charge in [-0.2, -0.15) is 0 Å². The van der Waals surface area contributed by atoms with Crippen LogP contribution in [-0.4, -0.2) is 35.1 Å². The number of carbonyl (C=O) groups excluding carboxylic acids is 2. The van der Waals surface area contributed by atoms with Crippen LogP contribution in [0.5, 0.6) is 5.75 Å². The molecule has 8 heteroatoms. The predicted octanol–water partition coefficient (Wildman–Crippen LogP) is 3.13. The Morgan fingerprint density at radius 3 is 2.38 bits per heavy atom. The number of ether oxygens (including phenoxy) is 1. The van der Waals surface area contributed by atoms with Crippen LogP contribution >= 0.6 is 11.5 Å². The first-order chi connectivity index (χ1) is 14.0. The van der Waals surface area contributed by atoms with Gasteiger partial charge in [0.25, 0.3) is 5.91 Å². The van der Waals surface area contributed by atoms with Gasteiger partial charge in [0.1, 0.15) is 12.3 Å². The number of nitrogens with one attached hydrogen (secondary N) is 1. The van der Waals surface area contributed by atoms with Crippen molar-refractivity contribution in [3.05, 3.63) is 70.2 Å². The fourth-order valence-electron chi connectivity index (χ4n) is 2.93. The average Bonchev–Trinajstić information content (AvgIpc) is 3.24. The molecule has 2 aromatic carbocycles. The number of methoxy groups -OCH3 is 1. The zero-order valence-corrected chi connectivity index (χ0v) is 17.3. The van der Waals surface area contributed by atoms with Gasteiger partial charge in [0.05, 0.1) is 7.11 Å². The van der Waals surface area contributed by atoms with Gasteiger partial charge in [0.15, 0.2) is 5.69 Å². The van der Waals surface area contributed by atoms with Crippen LogP contribution in [0.25, 0.3) is 0 Å². The van der Waals surface area contributed by atoms with Crippen LogP contribution in [0.4, 0.5) is 5.69 Å². The zero-order valence-electron chi connectivity index (χ0n) is 16.5. The third-order valence-electron chi connectivity index (χ3n) is 4.29. The fraction of sp³-hybridized carbons (Fsp3) is 0.238. The molecule has 150 valence electrons. The van der Waals surface area contributed by atoms with Crippen molar-refractivity contribution in [1.29, 1.82) is 0 Å². The standard InChI is InChI=1S/C21H22N4O3S/c1-14-8-15(2)10-17(9-14)25(21(27)19-13-29-24-23-19)12-20(26)22-11-16-4-6-18(28-3)7-5-16/h4-10,13H,11-12H2,1-3H3,(H,22,26). The van der Waals surface area contributed by atoms with E-state index in [0.29, 0.717) is 12.2 Å². The second-order valence-corrected chi connectivity index (χ2v) is 7.26. The van der Waals surface area contributed by atoms with Gasteiger partial charge >= 0.3 is 0 Å². The smallest absolute Gasteiger partial charge is 0.280 e. The summed E-state index contributed by atoms with van der Waals surface area (Å²) < 4.78 is 8.89. The maximum Gasteiger partial charge on any atom is 0.280 e. The summed E-state index contributed by atoms with van der Waals surface area (Å²) in [7, 11) is 1.60. The summed E-state index contributed by atoms with van der Waals surface area (Å²) in [5.74, 6) is 0.128. The highest BCUT2D eigenvalue weighted by atomic mass is 32.1. The molecule has 0 atom stereocenters. The molecule has 0 aliphatic carbocycles. The fourth-order valence-corrected chi connectivity index (χ4v) is 3.36. The minimum absolute atomic E-state index is 0.116. The third kappa shape index (κ3) is 5.39. The van der Waals surface area contributed by atoms with E-state index in [1.165, 1.54) is 4.90 Å². The molecule has 0 saturated carbocycles. The number of hydrogen-bond acceptors (Lipinski definition) is 6. The molecule has 3 rings (SSSR count). The molecule has 29 heavy (non-hydrogen) atoms. The number of benzene rings is 2. The Labute approximate surface area is 173 Å². The van der Waals surface area contributed by atoms with E-state index in [9.17, 15) is 9.59 Å². The number of aromatic nitrogens is 2. The third-order valence-corrected chi connectivity index (χ3v) is 4.80. The van der Waals surface area contributed by atoms with E-state index in [4.69, 9.17) is 4.74 Å². The number of amides is 2. The van der Waals surface area contributed by atoms with Crippen molar-refractivity contribution in [1.82, 2.24) is 14.9 Å². The van der Waals surface area contributed by atoms with Crippen molar-refractivity contribution >= 4 is 29.0 Å². The number of carbonyl (C=O) groups is 2. The lowest BCUT2D eigenvalue weighted by atomic mass is 10.1. The first-order valence-corrected chi connectivity index (χ1v) is 9.87. The van der Waals surface area contributed by atoms with Crippen LogP contribution < -0.4 is 15.0 Å². The van der Waals surface area contributed by atoms with Crippen molar-refractivity contribution in [2.24, 2.45) is 0 Å². The molecule has 3 aromatic rings. The molecule has 0 bridgehead atoms. The maximum absolute atomic E-state index is 12.9. The molecule has 7 nitrogen and oxygen atoms in total. The minimum Gasteiger partial charge on any atom is -0.497 e. The summed E-state index contributed by atoms with van der Waals surface area (Å²) in [6, 6.07) is 13.2. The first-order valence-electron chi connectivity index (χ1n) is 9.03. The van der Waals surface area contributed by atoms with Gasteiger partial charge in [-0.05, 0) is 66.3 Å². The Morgan fingerprint density at radius 2 is 1.79 bits per heavy atom. The van der Waals surface area contributed by atoms with Crippen molar-refractivity contribution in [2.45, 2.75) is 20.4 Å². The van der Waals surface area contributed by atoms with Crippen LogP contribution in [0, 0.1) is 13.8 Å². The highest BCUT2D eigenvalue weighted by Gasteiger charge is 2.23. The highest BCUT2D eigenvalue weighted by molar-refractivity contribution is 7.03. The Balaban J connectivity index is 1.75. The quantitative estimate of drug-likeness (QED) is 0.647. The highest BCUT2D eigenvalue weighted by Crippen LogP contribution is 2.21. The lowest BCUT2D eigenvalue weighted by Gasteiger charge is -2.22. The van der Waals surface area contributed by atoms with Crippen LogP contribution in [0.3, 0.4) is 0 Å². The Kier molecular flexibility index (Phi) is 6.56. The molecule has 0 unspecified atom stereocenters. The second-order valence-electron chi connectivity index (χ2n) is 6.65. The lowest BCUT2D eigenvalue weighted by Crippen LogP contribution is -2.41. The number of aryl methyl sites for hydroxylation is 2. The summed E-state index contributed by atoms with van der Waals surface area (Å²) >= 11 is 1.10. The average molecular weight is 410 g/mol. The van der Waals surface area contributed by atoms with E-state index in [0.717, 1.165) is 34.0 Å². The Hall–Kier alpha value is -3.26. The topological polar surface area (TPSA) is 84.4 Å². The summed E-state index contributed by atoms with van der Waals surface area (Å²) in [6.07, 6.45) is 0.